The predicted molar refractivity (Wildman–Crippen MR) is 103 cm³/mol. The molecule has 0 aliphatic heterocycles. The smallest absolute Gasteiger partial charge is 0.336 e. The van der Waals surface area contributed by atoms with Gasteiger partial charge in [0.05, 0.1) is 26.0 Å². The number of aromatic nitrogens is 2. The molecule has 0 atom stereocenters. The summed E-state index contributed by atoms with van der Waals surface area (Å²) in [4.78, 5) is 32.6. The Morgan fingerprint density at radius 1 is 1.07 bits per heavy atom. The first-order chi connectivity index (χ1) is 13.8. The van der Waals surface area contributed by atoms with Gasteiger partial charge in [-0.2, -0.15) is 22.7 Å². The van der Waals surface area contributed by atoms with E-state index in [0.717, 1.165) is 0 Å². The quantitative estimate of drug-likeness (QED) is 0.682. The molecular formula is C17H19N5O6S. The second kappa shape index (κ2) is 8.31. The Morgan fingerprint density at radius 3 is 2.17 bits per heavy atom. The number of carbonyl (C=O) groups excluding carboxylic acids is 2. The van der Waals surface area contributed by atoms with Crippen LogP contribution in [0.2, 0.25) is 0 Å². The number of carbonyl (C=O) groups is 2. The summed E-state index contributed by atoms with van der Waals surface area (Å²) < 4.78 is 37.9. The largest absolute Gasteiger partial charge is 0.481 e. The zero-order valence-electron chi connectivity index (χ0n) is 15.7. The molecule has 1 heterocycles. The number of hydrogen-bond acceptors (Lipinski definition) is 8. The number of para-hydroxylation sites is 1. The van der Waals surface area contributed by atoms with Crippen LogP contribution >= 0.6 is 0 Å². The highest BCUT2D eigenvalue weighted by atomic mass is 32.2. The minimum Gasteiger partial charge on any atom is -0.481 e. The van der Waals surface area contributed by atoms with Crippen LogP contribution < -0.4 is 23.8 Å². The minimum absolute atomic E-state index is 0.102. The van der Waals surface area contributed by atoms with Gasteiger partial charge < -0.3 is 9.47 Å². The Kier molecular flexibility index (Phi) is 5.82. The van der Waals surface area contributed by atoms with Crippen molar-refractivity contribution in [1.82, 2.24) is 14.7 Å². The van der Waals surface area contributed by atoms with Crippen LogP contribution in [0.4, 0.5) is 16.4 Å². The number of anilines is 2. The fourth-order valence-electron chi connectivity index (χ4n) is 2.40. The third kappa shape index (κ3) is 4.90. The minimum atomic E-state index is -4.53. The van der Waals surface area contributed by atoms with Gasteiger partial charge in [-0.3, -0.25) is 10.1 Å². The lowest BCUT2D eigenvalue weighted by molar-refractivity contribution is -0.118. The highest BCUT2D eigenvalue weighted by molar-refractivity contribution is 7.92. The van der Waals surface area contributed by atoms with E-state index < -0.39 is 22.1 Å². The van der Waals surface area contributed by atoms with E-state index in [2.05, 4.69) is 15.3 Å². The summed E-state index contributed by atoms with van der Waals surface area (Å²) in [7, 11) is -1.81. The van der Waals surface area contributed by atoms with Crippen molar-refractivity contribution in [3.05, 3.63) is 36.4 Å². The SMILES string of the molecule is COc1cc(OC)nc(NC(=O)NS(=O)(=O)N(C(=O)C2CC2)c2ccccc2)n1. The van der Waals surface area contributed by atoms with Crippen LogP contribution in [-0.2, 0) is 15.0 Å². The highest BCUT2D eigenvalue weighted by Crippen LogP contribution is 2.33. The zero-order valence-corrected chi connectivity index (χ0v) is 16.5. The first-order valence-corrected chi connectivity index (χ1v) is 9.98. The Bertz CT molecular complexity index is 988. The van der Waals surface area contributed by atoms with Crippen LogP contribution in [0.3, 0.4) is 0 Å². The predicted octanol–water partition coefficient (Wildman–Crippen LogP) is 1.30. The van der Waals surface area contributed by atoms with Gasteiger partial charge in [0.2, 0.25) is 23.6 Å². The molecule has 1 aliphatic rings. The number of nitrogens with zero attached hydrogens (tertiary/aromatic N) is 3. The number of nitrogens with one attached hydrogen (secondary N) is 2. The van der Waals surface area contributed by atoms with Crippen molar-refractivity contribution in [2.24, 2.45) is 5.92 Å². The highest BCUT2D eigenvalue weighted by Gasteiger charge is 2.40. The lowest BCUT2D eigenvalue weighted by Crippen LogP contribution is -2.48. The fourth-order valence-corrected chi connectivity index (χ4v) is 3.56. The van der Waals surface area contributed by atoms with Crippen molar-refractivity contribution in [3.63, 3.8) is 0 Å². The number of rotatable bonds is 7. The molecule has 1 aromatic heterocycles. The van der Waals surface area contributed by atoms with E-state index in [9.17, 15) is 18.0 Å². The Morgan fingerprint density at radius 2 is 1.66 bits per heavy atom. The van der Waals surface area contributed by atoms with E-state index in [1.54, 1.807) is 18.2 Å². The maximum Gasteiger partial charge on any atom is 0.336 e. The molecule has 3 amide bonds. The van der Waals surface area contributed by atoms with Crippen molar-refractivity contribution >= 4 is 33.8 Å². The molecule has 1 aliphatic carbocycles. The average molecular weight is 421 g/mol. The molecule has 0 radical (unpaired) electrons. The number of methoxy groups -OCH3 is 2. The van der Waals surface area contributed by atoms with Crippen molar-refractivity contribution in [3.8, 4) is 11.8 Å². The van der Waals surface area contributed by atoms with Gasteiger partial charge in [0.15, 0.2) is 0 Å². The van der Waals surface area contributed by atoms with Gasteiger partial charge in [-0.1, -0.05) is 18.2 Å². The molecular weight excluding hydrogens is 402 g/mol. The summed E-state index contributed by atoms with van der Waals surface area (Å²) in [5.41, 5.74) is 0.129. The summed E-state index contributed by atoms with van der Waals surface area (Å²) in [5.74, 6) is -1.03. The number of amides is 3. The molecule has 154 valence electrons. The van der Waals surface area contributed by atoms with Gasteiger partial charge in [0.25, 0.3) is 0 Å². The lowest BCUT2D eigenvalue weighted by Gasteiger charge is -2.22. The summed E-state index contributed by atoms with van der Waals surface area (Å²) in [6.07, 6.45) is 1.20. The van der Waals surface area contributed by atoms with Crippen molar-refractivity contribution in [2.75, 3.05) is 23.8 Å². The van der Waals surface area contributed by atoms with E-state index >= 15 is 0 Å². The first-order valence-electron chi connectivity index (χ1n) is 8.54. The number of benzene rings is 1. The molecule has 29 heavy (non-hydrogen) atoms. The Hall–Kier alpha value is -3.41. The Labute approximate surface area is 167 Å². The first kappa shape index (κ1) is 20.3. The Balaban J connectivity index is 1.81. The number of ether oxygens (including phenoxy) is 2. The number of urea groups is 1. The normalized spacial score (nSPS) is 13.3. The van der Waals surface area contributed by atoms with E-state index in [1.165, 1.54) is 32.4 Å². The molecule has 1 aromatic carbocycles. The standard InChI is InChI=1S/C17H19N5O6S/c1-27-13-10-14(28-2)19-16(18-13)20-17(24)21-29(25,26)22(15(23)11-8-9-11)12-6-4-3-5-7-12/h3-7,10-11H,8-9H2,1-2H3,(H2,18,19,20,21,24). The van der Waals surface area contributed by atoms with E-state index in [-0.39, 0.29) is 29.3 Å². The lowest BCUT2D eigenvalue weighted by atomic mass is 10.3. The van der Waals surface area contributed by atoms with Crippen LogP contribution in [-0.4, -0.2) is 44.5 Å². The second-order valence-corrected chi connectivity index (χ2v) is 7.57. The van der Waals surface area contributed by atoms with Crippen LogP contribution in [0.25, 0.3) is 0 Å². The molecule has 2 N–H and O–H groups in total. The summed E-state index contributed by atoms with van der Waals surface area (Å²) in [5, 5.41) is 2.19. The van der Waals surface area contributed by atoms with Gasteiger partial charge >= 0.3 is 16.2 Å². The monoisotopic (exact) mass is 421 g/mol. The van der Waals surface area contributed by atoms with E-state index in [0.29, 0.717) is 17.1 Å². The van der Waals surface area contributed by atoms with Crippen molar-refractivity contribution < 1.29 is 27.5 Å². The number of hydrogen-bond donors (Lipinski definition) is 2. The van der Waals surface area contributed by atoms with Crippen molar-refractivity contribution in [2.45, 2.75) is 12.8 Å². The van der Waals surface area contributed by atoms with Gasteiger partial charge in [-0.05, 0) is 25.0 Å². The molecule has 1 fully saturated rings. The maximum atomic E-state index is 12.8. The molecule has 0 spiro atoms. The van der Waals surface area contributed by atoms with Crippen LogP contribution in [0.1, 0.15) is 12.8 Å². The van der Waals surface area contributed by atoms with Crippen LogP contribution in [0.5, 0.6) is 11.8 Å². The van der Waals surface area contributed by atoms with Gasteiger partial charge in [0.1, 0.15) is 0 Å². The third-order valence-corrected chi connectivity index (χ3v) is 5.22. The van der Waals surface area contributed by atoms with Gasteiger partial charge in [0, 0.05) is 5.92 Å². The second-order valence-electron chi connectivity index (χ2n) is 6.05. The van der Waals surface area contributed by atoms with Crippen molar-refractivity contribution in [1.29, 1.82) is 0 Å². The molecule has 2 aromatic rings. The average Bonchev–Trinajstić information content (AvgIpc) is 3.53. The topological polar surface area (TPSA) is 140 Å². The molecule has 0 saturated heterocycles. The zero-order chi connectivity index (χ0) is 21.0. The molecule has 0 unspecified atom stereocenters. The maximum absolute atomic E-state index is 12.8. The van der Waals surface area contributed by atoms with E-state index in [1.807, 2.05) is 4.72 Å². The summed E-state index contributed by atoms with van der Waals surface area (Å²) in [6.45, 7) is 0. The fraction of sp³-hybridized carbons (Fsp3) is 0.294. The van der Waals surface area contributed by atoms with Gasteiger partial charge in [-0.15, -0.1) is 0 Å². The van der Waals surface area contributed by atoms with Crippen LogP contribution in [0, 0.1) is 5.92 Å². The van der Waals surface area contributed by atoms with Gasteiger partial charge in [-0.25, -0.2) is 9.52 Å². The summed E-state index contributed by atoms with van der Waals surface area (Å²) >= 11 is 0. The third-order valence-electron chi connectivity index (χ3n) is 3.90. The summed E-state index contributed by atoms with van der Waals surface area (Å²) in [6, 6.07) is 8.03. The molecule has 3 rings (SSSR count). The molecule has 0 bridgehead atoms. The molecule has 11 nitrogen and oxygen atoms in total. The molecule has 1 saturated carbocycles. The van der Waals surface area contributed by atoms with Crippen LogP contribution in [0.15, 0.2) is 36.4 Å². The van der Waals surface area contributed by atoms with E-state index in [4.69, 9.17) is 9.47 Å². The molecule has 12 heteroatoms.